The largest absolute Gasteiger partial charge is 0.411 e. The molecule has 1 aliphatic carbocycles. The van der Waals surface area contributed by atoms with E-state index in [0.29, 0.717) is 28.7 Å². The number of hydrogen-bond donors (Lipinski definition) is 1. The van der Waals surface area contributed by atoms with Crippen molar-refractivity contribution in [2.75, 3.05) is 5.75 Å². The van der Waals surface area contributed by atoms with Gasteiger partial charge < -0.3 is 9.73 Å². The normalized spacial score (nSPS) is 23.4. The summed E-state index contributed by atoms with van der Waals surface area (Å²) in [6.07, 6.45) is 3.50. The Bertz CT molecular complexity index is 719. The van der Waals surface area contributed by atoms with Gasteiger partial charge in [-0.25, -0.2) is 0 Å². The summed E-state index contributed by atoms with van der Waals surface area (Å²) < 4.78 is 6.63. The van der Waals surface area contributed by atoms with Crippen molar-refractivity contribution >= 4 is 33.6 Å². The van der Waals surface area contributed by atoms with Crippen molar-refractivity contribution in [3.05, 3.63) is 28.7 Å². The first kappa shape index (κ1) is 18.5. The molecule has 0 aliphatic heterocycles. The number of halogens is 1. The number of benzene rings is 1. The van der Waals surface area contributed by atoms with Gasteiger partial charge in [0.1, 0.15) is 0 Å². The van der Waals surface area contributed by atoms with Crippen molar-refractivity contribution in [1.29, 1.82) is 0 Å². The molecule has 1 amide bonds. The average molecular weight is 424 g/mol. The maximum Gasteiger partial charge on any atom is 0.277 e. The summed E-state index contributed by atoms with van der Waals surface area (Å²) in [7, 11) is 0. The van der Waals surface area contributed by atoms with E-state index in [1.165, 1.54) is 24.6 Å². The van der Waals surface area contributed by atoms with Gasteiger partial charge in [0.05, 0.1) is 5.75 Å². The van der Waals surface area contributed by atoms with E-state index >= 15 is 0 Å². The predicted octanol–water partition coefficient (Wildman–Crippen LogP) is 4.53. The molecule has 3 atom stereocenters. The molecule has 3 unspecified atom stereocenters. The quantitative estimate of drug-likeness (QED) is 0.715. The lowest BCUT2D eigenvalue weighted by atomic mass is 9.78. The number of nitrogens with zero attached hydrogens (tertiary/aromatic N) is 2. The zero-order valence-electron chi connectivity index (χ0n) is 14.4. The van der Waals surface area contributed by atoms with Gasteiger partial charge in [-0.05, 0) is 42.5 Å². The Labute approximate surface area is 160 Å². The third-order valence-electron chi connectivity index (χ3n) is 4.88. The number of thioether (sulfide) groups is 1. The van der Waals surface area contributed by atoms with Gasteiger partial charge >= 0.3 is 0 Å². The van der Waals surface area contributed by atoms with Crippen molar-refractivity contribution in [3.8, 4) is 11.5 Å². The van der Waals surface area contributed by atoms with E-state index in [-0.39, 0.29) is 11.9 Å². The second-order valence-electron chi connectivity index (χ2n) is 6.61. The summed E-state index contributed by atoms with van der Waals surface area (Å²) in [6, 6.07) is 7.94. The fourth-order valence-corrected chi connectivity index (χ4v) is 3.98. The van der Waals surface area contributed by atoms with E-state index in [2.05, 4.69) is 45.3 Å². The molecule has 1 N–H and O–H groups in total. The van der Waals surface area contributed by atoms with Crippen molar-refractivity contribution in [2.24, 2.45) is 11.8 Å². The second kappa shape index (κ2) is 8.36. The van der Waals surface area contributed by atoms with Crippen LogP contribution in [-0.2, 0) is 4.79 Å². The molecule has 1 aromatic heterocycles. The molecule has 0 bridgehead atoms. The van der Waals surface area contributed by atoms with Gasteiger partial charge in [0, 0.05) is 16.1 Å². The number of rotatable bonds is 5. The molecule has 1 saturated carbocycles. The summed E-state index contributed by atoms with van der Waals surface area (Å²) in [5.74, 6) is 1.97. The van der Waals surface area contributed by atoms with Crippen molar-refractivity contribution in [3.63, 3.8) is 0 Å². The lowest BCUT2D eigenvalue weighted by Gasteiger charge is -2.34. The van der Waals surface area contributed by atoms with Gasteiger partial charge in [-0.3, -0.25) is 4.79 Å². The molecule has 0 saturated heterocycles. The van der Waals surface area contributed by atoms with Crippen LogP contribution in [0.4, 0.5) is 0 Å². The Morgan fingerprint density at radius 1 is 1.28 bits per heavy atom. The smallest absolute Gasteiger partial charge is 0.277 e. The number of hydrogen-bond acceptors (Lipinski definition) is 5. The molecular weight excluding hydrogens is 402 g/mol. The summed E-state index contributed by atoms with van der Waals surface area (Å²) in [6.45, 7) is 4.49. The number of aromatic nitrogens is 2. The molecule has 1 heterocycles. The fraction of sp³-hybridized carbons (Fsp3) is 0.500. The Kier molecular flexibility index (Phi) is 6.17. The van der Waals surface area contributed by atoms with E-state index in [1.807, 2.05) is 24.3 Å². The first-order valence-corrected chi connectivity index (χ1v) is 10.3. The van der Waals surface area contributed by atoms with Crippen LogP contribution in [0.2, 0.25) is 0 Å². The van der Waals surface area contributed by atoms with Crippen LogP contribution in [-0.4, -0.2) is 27.9 Å². The maximum absolute atomic E-state index is 12.2. The van der Waals surface area contributed by atoms with E-state index < -0.39 is 0 Å². The highest BCUT2D eigenvalue weighted by atomic mass is 79.9. The molecule has 0 radical (unpaired) electrons. The Morgan fingerprint density at radius 3 is 2.80 bits per heavy atom. The zero-order valence-corrected chi connectivity index (χ0v) is 16.8. The van der Waals surface area contributed by atoms with Crippen LogP contribution in [0.5, 0.6) is 0 Å². The summed E-state index contributed by atoms with van der Waals surface area (Å²) in [5.41, 5.74) is 0.858. The van der Waals surface area contributed by atoms with E-state index in [0.717, 1.165) is 16.5 Å². The molecule has 1 aliphatic rings. The molecule has 2 aromatic rings. The predicted molar refractivity (Wildman–Crippen MR) is 102 cm³/mol. The molecule has 3 rings (SSSR count). The van der Waals surface area contributed by atoms with Crippen LogP contribution in [0.25, 0.3) is 11.5 Å². The highest BCUT2D eigenvalue weighted by molar-refractivity contribution is 9.10. The number of amides is 1. The van der Waals surface area contributed by atoms with Crippen LogP contribution in [0, 0.1) is 11.8 Å². The Balaban J connectivity index is 1.52. The van der Waals surface area contributed by atoms with Crippen molar-refractivity contribution in [2.45, 2.75) is 44.4 Å². The van der Waals surface area contributed by atoms with Crippen LogP contribution in [0.1, 0.15) is 33.1 Å². The molecule has 5 nitrogen and oxygen atoms in total. The van der Waals surface area contributed by atoms with Crippen LogP contribution < -0.4 is 5.32 Å². The minimum atomic E-state index is 0.0272. The Hall–Kier alpha value is -1.34. The molecular formula is C18H22BrN3O2S. The summed E-state index contributed by atoms with van der Waals surface area (Å²) in [4.78, 5) is 12.2. The fourth-order valence-electron chi connectivity index (χ4n) is 3.14. The van der Waals surface area contributed by atoms with Crippen LogP contribution in [0.3, 0.4) is 0 Å². The molecule has 7 heteroatoms. The maximum atomic E-state index is 12.2. The molecule has 1 fully saturated rings. The van der Waals surface area contributed by atoms with E-state index in [9.17, 15) is 4.79 Å². The zero-order chi connectivity index (χ0) is 17.8. The highest BCUT2D eigenvalue weighted by Crippen LogP contribution is 2.30. The molecule has 134 valence electrons. The van der Waals surface area contributed by atoms with Gasteiger partial charge in [0.2, 0.25) is 11.8 Å². The minimum Gasteiger partial charge on any atom is -0.411 e. The van der Waals surface area contributed by atoms with Gasteiger partial charge in [0.15, 0.2) is 0 Å². The van der Waals surface area contributed by atoms with Gasteiger partial charge in [-0.2, -0.15) is 0 Å². The highest BCUT2D eigenvalue weighted by Gasteiger charge is 2.28. The van der Waals surface area contributed by atoms with E-state index in [1.54, 1.807) is 0 Å². The van der Waals surface area contributed by atoms with Gasteiger partial charge in [-0.15, -0.1) is 10.2 Å². The first-order chi connectivity index (χ1) is 12.0. The van der Waals surface area contributed by atoms with Crippen LogP contribution >= 0.6 is 27.7 Å². The topological polar surface area (TPSA) is 68.0 Å². The van der Waals surface area contributed by atoms with E-state index in [4.69, 9.17) is 4.42 Å². The summed E-state index contributed by atoms with van der Waals surface area (Å²) >= 11 is 4.67. The molecule has 0 spiro atoms. The number of nitrogens with one attached hydrogen (secondary N) is 1. The Morgan fingerprint density at radius 2 is 2.04 bits per heavy atom. The standard InChI is InChI=1S/C18H22BrN3O2S/c1-11-4-3-5-15(12(11)2)20-16(23)10-25-18-22-21-17(24-18)13-6-8-14(19)9-7-13/h6-9,11-12,15H,3-5,10H2,1-2H3,(H,20,23). The average Bonchev–Trinajstić information content (AvgIpc) is 3.07. The van der Waals surface area contributed by atoms with Crippen molar-refractivity contribution < 1.29 is 9.21 Å². The number of carbonyl (C=O) groups is 1. The first-order valence-electron chi connectivity index (χ1n) is 8.54. The summed E-state index contributed by atoms with van der Waals surface area (Å²) in [5, 5.41) is 11.6. The third kappa shape index (κ3) is 4.85. The lowest BCUT2D eigenvalue weighted by molar-refractivity contribution is -0.120. The van der Waals surface area contributed by atoms with Crippen molar-refractivity contribution in [1.82, 2.24) is 15.5 Å². The van der Waals surface area contributed by atoms with Gasteiger partial charge in [-0.1, -0.05) is 54.4 Å². The van der Waals surface area contributed by atoms with Gasteiger partial charge in [0.25, 0.3) is 5.22 Å². The molecule has 1 aromatic carbocycles. The third-order valence-corrected chi connectivity index (χ3v) is 6.22. The lowest BCUT2D eigenvalue weighted by Crippen LogP contribution is -2.44. The SMILES string of the molecule is CC1CCCC(NC(=O)CSc2nnc(-c3ccc(Br)cc3)o2)C1C. The second-order valence-corrected chi connectivity index (χ2v) is 8.45. The molecule has 25 heavy (non-hydrogen) atoms. The minimum absolute atomic E-state index is 0.0272. The monoisotopic (exact) mass is 423 g/mol. The van der Waals surface area contributed by atoms with Crippen LogP contribution in [0.15, 0.2) is 38.4 Å². The number of carbonyl (C=O) groups excluding carboxylic acids is 1.